The normalized spacial score (nSPS) is 10.3. The summed E-state index contributed by atoms with van der Waals surface area (Å²) in [5, 5.41) is 12.3. The minimum absolute atomic E-state index is 0.187. The molecule has 0 heterocycles. The van der Waals surface area contributed by atoms with Crippen molar-refractivity contribution in [2.75, 3.05) is 19.0 Å². The van der Waals surface area contributed by atoms with E-state index >= 15 is 0 Å². The van der Waals surface area contributed by atoms with E-state index in [2.05, 4.69) is 21.2 Å². The van der Waals surface area contributed by atoms with Gasteiger partial charge < -0.3 is 15.2 Å². The number of rotatable bonds is 6. The molecular weight excluding hydrogens is 318 g/mol. The van der Waals surface area contributed by atoms with Crippen LogP contribution in [0.5, 0.6) is 5.75 Å². The second kappa shape index (κ2) is 7.31. The van der Waals surface area contributed by atoms with E-state index in [1.807, 2.05) is 42.5 Å². The van der Waals surface area contributed by atoms with Gasteiger partial charge in [-0.1, -0.05) is 18.2 Å². The Labute approximate surface area is 127 Å². The highest BCUT2D eigenvalue weighted by atomic mass is 79.9. The third kappa shape index (κ3) is 3.99. The maximum atomic E-state index is 8.88. The predicted molar refractivity (Wildman–Crippen MR) is 85.3 cm³/mol. The van der Waals surface area contributed by atoms with Crippen LogP contribution >= 0.6 is 15.9 Å². The smallest absolute Gasteiger partial charge is 0.133 e. The second-order valence-corrected chi connectivity index (χ2v) is 5.35. The third-order valence-electron chi connectivity index (χ3n) is 3.07. The van der Waals surface area contributed by atoms with Gasteiger partial charge in [-0.25, -0.2) is 0 Å². The van der Waals surface area contributed by atoms with Gasteiger partial charge in [0.2, 0.25) is 0 Å². The van der Waals surface area contributed by atoms with Crippen molar-refractivity contribution in [1.29, 1.82) is 0 Å². The van der Waals surface area contributed by atoms with E-state index in [4.69, 9.17) is 9.84 Å². The Bertz CT molecular complexity index is 555. The molecule has 2 aromatic carbocycles. The molecule has 2 N–H and O–H groups in total. The lowest BCUT2D eigenvalue weighted by atomic mass is 10.1. The molecule has 0 atom stereocenters. The van der Waals surface area contributed by atoms with Gasteiger partial charge in [-0.3, -0.25) is 0 Å². The van der Waals surface area contributed by atoms with Crippen molar-refractivity contribution in [3.63, 3.8) is 0 Å². The quantitative estimate of drug-likeness (QED) is 0.847. The monoisotopic (exact) mass is 335 g/mol. The van der Waals surface area contributed by atoms with Crippen LogP contribution in [0.4, 0.5) is 5.69 Å². The molecule has 20 heavy (non-hydrogen) atoms. The molecule has 0 aliphatic carbocycles. The Morgan fingerprint density at radius 3 is 2.40 bits per heavy atom. The average Bonchev–Trinajstić information content (AvgIpc) is 2.47. The van der Waals surface area contributed by atoms with E-state index in [-0.39, 0.29) is 6.61 Å². The lowest BCUT2D eigenvalue weighted by Crippen LogP contribution is -2.00. The van der Waals surface area contributed by atoms with Crippen molar-refractivity contribution < 1.29 is 9.84 Å². The molecule has 0 aliphatic rings. The first-order valence-corrected chi connectivity index (χ1v) is 7.28. The topological polar surface area (TPSA) is 41.5 Å². The van der Waals surface area contributed by atoms with Gasteiger partial charge in [0, 0.05) is 18.8 Å². The molecule has 2 rings (SSSR count). The fourth-order valence-electron chi connectivity index (χ4n) is 1.94. The Morgan fingerprint density at radius 2 is 1.80 bits per heavy atom. The zero-order chi connectivity index (χ0) is 14.4. The lowest BCUT2D eigenvalue weighted by molar-refractivity contribution is 0.299. The number of hydrogen-bond acceptors (Lipinski definition) is 3. The summed E-state index contributed by atoms with van der Waals surface area (Å²) < 4.78 is 6.17. The molecule has 0 saturated carbocycles. The van der Waals surface area contributed by atoms with Crippen LogP contribution in [0.3, 0.4) is 0 Å². The number of methoxy groups -OCH3 is 1. The number of halogens is 1. The largest absolute Gasteiger partial charge is 0.496 e. The zero-order valence-corrected chi connectivity index (χ0v) is 13.0. The van der Waals surface area contributed by atoms with Crippen molar-refractivity contribution >= 4 is 21.6 Å². The molecule has 2 aromatic rings. The zero-order valence-electron chi connectivity index (χ0n) is 11.4. The number of anilines is 1. The van der Waals surface area contributed by atoms with Crippen LogP contribution in [0.25, 0.3) is 0 Å². The highest BCUT2D eigenvalue weighted by molar-refractivity contribution is 9.10. The highest BCUT2D eigenvalue weighted by Crippen LogP contribution is 2.25. The fourth-order valence-corrected chi connectivity index (χ4v) is 2.53. The molecule has 0 spiro atoms. The summed E-state index contributed by atoms with van der Waals surface area (Å²) in [6.45, 7) is 0.939. The van der Waals surface area contributed by atoms with Crippen LogP contribution in [-0.2, 0) is 13.0 Å². The number of hydrogen-bond donors (Lipinski definition) is 2. The van der Waals surface area contributed by atoms with E-state index in [9.17, 15) is 0 Å². The molecule has 0 amide bonds. The van der Waals surface area contributed by atoms with Gasteiger partial charge in [0.25, 0.3) is 0 Å². The maximum absolute atomic E-state index is 8.88. The van der Waals surface area contributed by atoms with Crippen molar-refractivity contribution in [2.24, 2.45) is 0 Å². The van der Waals surface area contributed by atoms with Crippen molar-refractivity contribution in [1.82, 2.24) is 0 Å². The lowest BCUT2D eigenvalue weighted by Gasteiger charge is -2.09. The molecule has 0 aromatic heterocycles. The van der Waals surface area contributed by atoms with Gasteiger partial charge in [-0.15, -0.1) is 0 Å². The fraction of sp³-hybridized carbons (Fsp3) is 0.250. The Morgan fingerprint density at radius 1 is 1.10 bits per heavy atom. The summed E-state index contributed by atoms with van der Waals surface area (Å²) in [6, 6.07) is 14.2. The van der Waals surface area contributed by atoms with Crippen molar-refractivity contribution in [3.05, 3.63) is 58.1 Å². The number of benzene rings is 2. The van der Waals surface area contributed by atoms with Crippen LogP contribution in [0.1, 0.15) is 11.1 Å². The number of aliphatic hydroxyl groups is 1. The summed E-state index contributed by atoms with van der Waals surface area (Å²) in [5.74, 6) is 0.835. The predicted octanol–water partition coefficient (Wildman–Crippen LogP) is 3.60. The molecule has 4 heteroatoms. The molecule has 0 unspecified atom stereocenters. The Balaban J connectivity index is 1.96. The van der Waals surface area contributed by atoms with Gasteiger partial charge in [-0.05, 0) is 57.7 Å². The van der Waals surface area contributed by atoms with E-state index < -0.39 is 0 Å². The molecular formula is C16H18BrNO2. The first kappa shape index (κ1) is 14.9. The molecule has 0 bridgehead atoms. The molecule has 0 radical (unpaired) electrons. The standard InChI is InChI=1S/C16H18BrNO2/c1-20-16-7-4-13(10-15(16)17)11-18-14-5-2-12(3-6-14)8-9-19/h2-7,10,18-19H,8-9,11H2,1H3. The minimum Gasteiger partial charge on any atom is -0.496 e. The van der Waals surface area contributed by atoms with Gasteiger partial charge in [0.1, 0.15) is 5.75 Å². The Kier molecular flexibility index (Phi) is 5.44. The van der Waals surface area contributed by atoms with Gasteiger partial charge in [-0.2, -0.15) is 0 Å². The summed E-state index contributed by atoms with van der Waals surface area (Å²) in [7, 11) is 1.66. The first-order chi connectivity index (χ1) is 9.72. The number of nitrogens with one attached hydrogen (secondary N) is 1. The van der Waals surface area contributed by atoms with E-state index in [1.54, 1.807) is 7.11 Å². The van der Waals surface area contributed by atoms with E-state index in [1.165, 1.54) is 5.56 Å². The van der Waals surface area contributed by atoms with E-state index in [0.717, 1.165) is 28.0 Å². The first-order valence-electron chi connectivity index (χ1n) is 6.49. The highest BCUT2D eigenvalue weighted by Gasteiger charge is 2.01. The van der Waals surface area contributed by atoms with Gasteiger partial charge in [0.05, 0.1) is 11.6 Å². The van der Waals surface area contributed by atoms with Crippen LogP contribution in [0.2, 0.25) is 0 Å². The molecule has 3 nitrogen and oxygen atoms in total. The van der Waals surface area contributed by atoms with Gasteiger partial charge in [0.15, 0.2) is 0 Å². The second-order valence-electron chi connectivity index (χ2n) is 4.49. The molecule has 0 aliphatic heterocycles. The molecule has 0 fully saturated rings. The van der Waals surface area contributed by atoms with Crippen molar-refractivity contribution in [3.8, 4) is 5.75 Å². The van der Waals surface area contributed by atoms with Crippen LogP contribution in [0.15, 0.2) is 46.9 Å². The molecule has 106 valence electrons. The number of ether oxygens (including phenoxy) is 1. The van der Waals surface area contributed by atoms with Crippen LogP contribution in [0, 0.1) is 0 Å². The van der Waals surface area contributed by atoms with Crippen LogP contribution < -0.4 is 10.1 Å². The average molecular weight is 336 g/mol. The third-order valence-corrected chi connectivity index (χ3v) is 3.69. The summed E-state index contributed by atoms with van der Waals surface area (Å²) in [5.41, 5.74) is 3.39. The van der Waals surface area contributed by atoms with E-state index in [0.29, 0.717) is 6.42 Å². The Hall–Kier alpha value is -1.52. The summed E-state index contributed by atoms with van der Waals surface area (Å²) in [4.78, 5) is 0. The summed E-state index contributed by atoms with van der Waals surface area (Å²) >= 11 is 3.48. The minimum atomic E-state index is 0.187. The SMILES string of the molecule is COc1ccc(CNc2ccc(CCO)cc2)cc1Br. The number of aliphatic hydroxyl groups excluding tert-OH is 1. The summed E-state index contributed by atoms with van der Waals surface area (Å²) in [6.07, 6.45) is 0.700. The van der Waals surface area contributed by atoms with Gasteiger partial charge >= 0.3 is 0 Å². The molecule has 0 saturated heterocycles. The maximum Gasteiger partial charge on any atom is 0.133 e. The van der Waals surface area contributed by atoms with Crippen LogP contribution in [-0.4, -0.2) is 18.8 Å². The van der Waals surface area contributed by atoms with Crippen molar-refractivity contribution in [2.45, 2.75) is 13.0 Å².